The van der Waals surface area contributed by atoms with Crippen molar-refractivity contribution in [3.8, 4) is 5.75 Å². The number of nitro benzene ring substituents is 1. The number of likely N-dealkylation sites (N-methyl/N-ethyl adjacent to an activating group) is 1. The van der Waals surface area contributed by atoms with Crippen LogP contribution in [0.2, 0.25) is 0 Å². The van der Waals surface area contributed by atoms with Crippen molar-refractivity contribution < 1.29 is 14.8 Å². The first-order chi connectivity index (χ1) is 8.54. The quantitative estimate of drug-likeness (QED) is 0.586. The van der Waals surface area contributed by atoms with E-state index in [4.69, 9.17) is 4.74 Å². The molecule has 100 valence electrons. The average molecular weight is 254 g/mol. The molecule has 6 heteroatoms. The monoisotopic (exact) mass is 254 g/mol. The Morgan fingerprint density at radius 2 is 2.17 bits per heavy atom. The fourth-order valence-corrected chi connectivity index (χ4v) is 1.46. The van der Waals surface area contributed by atoms with Crippen LogP contribution in [0.3, 0.4) is 0 Å². The maximum absolute atomic E-state index is 10.7. The molecule has 0 bridgehead atoms. The Kier molecular flexibility index (Phi) is 5.54. The van der Waals surface area contributed by atoms with E-state index in [0.29, 0.717) is 6.54 Å². The second-order valence-corrected chi connectivity index (χ2v) is 4.04. The highest BCUT2D eigenvalue weighted by Crippen LogP contribution is 2.25. The molecule has 1 aromatic rings. The zero-order chi connectivity index (χ0) is 13.5. The lowest BCUT2D eigenvalue weighted by atomic mass is 10.3. The van der Waals surface area contributed by atoms with E-state index in [2.05, 4.69) is 0 Å². The molecule has 0 aliphatic carbocycles. The van der Waals surface area contributed by atoms with E-state index in [-0.39, 0.29) is 18.0 Å². The number of hydrogen-bond donors (Lipinski definition) is 1. The van der Waals surface area contributed by atoms with Crippen LogP contribution in [0.5, 0.6) is 5.75 Å². The van der Waals surface area contributed by atoms with Crippen molar-refractivity contribution in [2.45, 2.75) is 13.0 Å². The highest BCUT2D eigenvalue weighted by atomic mass is 16.6. The number of nitro groups is 1. The van der Waals surface area contributed by atoms with Gasteiger partial charge < -0.3 is 14.7 Å². The first-order valence-electron chi connectivity index (χ1n) is 5.77. The Morgan fingerprint density at radius 3 is 2.78 bits per heavy atom. The van der Waals surface area contributed by atoms with Crippen molar-refractivity contribution in [3.05, 3.63) is 34.4 Å². The minimum absolute atomic E-state index is 0.0369. The van der Waals surface area contributed by atoms with Gasteiger partial charge in [0.2, 0.25) is 0 Å². The second kappa shape index (κ2) is 6.93. The molecule has 0 aliphatic heterocycles. The highest BCUT2D eigenvalue weighted by molar-refractivity contribution is 5.45. The molecule has 0 amide bonds. The molecule has 1 unspecified atom stereocenters. The summed E-state index contributed by atoms with van der Waals surface area (Å²) in [5.41, 5.74) is -0.0893. The van der Waals surface area contributed by atoms with E-state index < -0.39 is 11.0 Å². The van der Waals surface area contributed by atoms with E-state index in [0.717, 1.165) is 6.54 Å². The van der Waals surface area contributed by atoms with Gasteiger partial charge >= 0.3 is 5.69 Å². The van der Waals surface area contributed by atoms with Crippen LogP contribution >= 0.6 is 0 Å². The van der Waals surface area contributed by atoms with Gasteiger partial charge in [0.25, 0.3) is 0 Å². The number of rotatable bonds is 7. The summed E-state index contributed by atoms with van der Waals surface area (Å²) >= 11 is 0. The molecule has 1 aromatic carbocycles. The molecule has 0 aliphatic rings. The molecule has 0 fully saturated rings. The predicted molar refractivity (Wildman–Crippen MR) is 67.8 cm³/mol. The van der Waals surface area contributed by atoms with E-state index in [1.165, 1.54) is 12.1 Å². The summed E-state index contributed by atoms with van der Waals surface area (Å²) in [6.07, 6.45) is -0.672. The number of aliphatic hydroxyl groups excluding tert-OH is 1. The van der Waals surface area contributed by atoms with Gasteiger partial charge in [-0.05, 0) is 19.7 Å². The maximum atomic E-state index is 10.7. The summed E-state index contributed by atoms with van der Waals surface area (Å²) in [5.74, 6) is 0.181. The zero-order valence-corrected chi connectivity index (χ0v) is 10.6. The Balaban J connectivity index is 2.55. The molecule has 6 nitrogen and oxygen atoms in total. The maximum Gasteiger partial charge on any atom is 0.310 e. The largest absolute Gasteiger partial charge is 0.484 e. The Morgan fingerprint density at radius 1 is 1.50 bits per heavy atom. The van der Waals surface area contributed by atoms with E-state index in [1.54, 1.807) is 12.1 Å². The van der Waals surface area contributed by atoms with Gasteiger partial charge in [-0.15, -0.1) is 0 Å². The molecule has 18 heavy (non-hydrogen) atoms. The smallest absolute Gasteiger partial charge is 0.310 e. The summed E-state index contributed by atoms with van der Waals surface area (Å²) in [6, 6.07) is 6.13. The summed E-state index contributed by atoms with van der Waals surface area (Å²) < 4.78 is 5.29. The van der Waals surface area contributed by atoms with Gasteiger partial charge in [-0.25, -0.2) is 0 Å². The average Bonchev–Trinajstić information content (AvgIpc) is 2.36. The van der Waals surface area contributed by atoms with Crippen LogP contribution in [0.15, 0.2) is 24.3 Å². The number of hydrogen-bond acceptors (Lipinski definition) is 5. The number of para-hydroxylation sites is 2. The third-order valence-corrected chi connectivity index (χ3v) is 2.56. The zero-order valence-electron chi connectivity index (χ0n) is 10.6. The first kappa shape index (κ1) is 14.4. The third-order valence-electron chi connectivity index (χ3n) is 2.56. The van der Waals surface area contributed by atoms with Crippen LogP contribution < -0.4 is 4.74 Å². The fourth-order valence-electron chi connectivity index (χ4n) is 1.46. The Bertz CT molecular complexity index is 397. The van der Waals surface area contributed by atoms with Crippen LogP contribution in [0.25, 0.3) is 0 Å². The minimum Gasteiger partial charge on any atom is -0.484 e. The highest BCUT2D eigenvalue weighted by Gasteiger charge is 2.15. The van der Waals surface area contributed by atoms with Crippen molar-refractivity contribution >= 4 is 5.69 Å². The van der Waals surface area contributed by atoms with Crippen molar-refractivity contribution in [2.75, 3.05) is 26.7 Å². The second-order valence-electron chi connectivity index (χ2n) is 4.04. The topological polar surface area (TPSA) is 75.8 Å². The van der Waals surface area contributed by atoms with Crippen LogP contribution in [-0.4, -0.2) is 47.8 Å². The standard InChI is InChI=1S/C12H18N2O4/c1-3-13(2)8-10(15)9-18-12-7-5-4-6-11(12)14(16)17/h4-7,10,15H,3,8-9H2,1-2H3. The van der Waals surface area contributed by atoms with E-state index in [1.807, 2.05) is 18.9 Å². The summed E-state index contributed by atoms with van der Waals surface area (Å²) in [6.45, 7) is 3.31. The molecule has 0 saturated carbocycles. The third kappa shape index (κ3) is 4.31. The molecule has 0 saturated heterocycles. The summed E-state index contributed by atoms with van der Waals surface area (Å²) in [7, 11) is 1.88. The fraction of sp³-hybridized carbons (Fsp3) is 0.500. The molecular formula is C12H18N2O4. The van der Waals surface area contributed by atoms with E-state index in [9.17, 15) is 15.2 Å². The molecule has 0 spiro atoms. The lowest BCUT2D eigenvalue weighted by molar-refractivity contribution is -0.385. The van der Waals surface area contributed by atoms with Gasteiger partial charge in [-0.3, -0.25) is 10.1 Å². The first-order valence-corrected chi connectivity index (χ1v) is 5.77. The lowest BCUT2D eigenvalue weighted by Gasteiger charge is -2.18. The van der Waals surface area contributed by atoms with Gasteiger partial charge in [0.1, 0.15) is 12.7 Å². The van der Waals surface area contributed by atoms with Crippen molar-refractivity contribution in [3.63, 3.8) is 0 Å². The molecular weight excluding hydrogens is 236 g/mol. The van der Waals surface area contributed by atoms with Crippen molar-refractivity contribution in [2.24, 2.45) is 0 Å². The normalized spacial score (nSPS) is 12.4. The molecule has 0 heterocycles. The Hall–Kier alpha value is -1.66. The number of aliphatic hydroxyl groups is 1. The molecule has 0 aromatic heterocycles. The number of nitrogens with zero attached hydrogens (tertiary/aromatic N) is 2. The van der Waals surface area contributed by atoms with Gasteiger partial charge in [0, 0.05) is 12.6 Å². The van der Waals surface area contributed by atoms with Crippen LogP contribution in [-0.2, 0) is 0 Å². The van der Waals surface area contributed by atoms with E-state index >= 15 is 0 Å². The predicted octanol–water partition coefficient (Wildman–Crippen LogP) is 1.29. The van der Waals surface area contributed by atoms with Gasteiger partial charge in [-0.1, -0.05) is 19.1 Å². The Labute approximate surface area is 106 Å². The van der Waals surface area contributed by atoms with Gasteiger partial charge in [-0.2, -0.15) is 0 Å². The van der Waals surface area contributed by atoms with Crippen LogP contribution in [0.4, 0.5) is 5.69 Å². The van der Waals surface area contributed by atoms with Crippen LogP contribution in [0, 0.1) is 10.1 Å². The molecule has 1 rings (SSSR count). The molecule has 0 radical (unpaired) electrons. The lowest BCUT2D eigenvalue weighted by Crippen LogP contribution is -2.32. The number of ether oxygens (including phenoxy) is 1. The SMILES string of the molecule is CCN(C)CC(O)COc1ccccc1[N+](=O)[O-]. The van der Waals surface area contributed by atoms with Crippen molar-refractivity contribution in [1.82, 2.24) is 4.90 Å². The molecule has 1 atom stereocenters. The minimum atomic E-state index is -0.672. The van der Waals surface area contributed by atoms with Crippen molar-refractivity contribution in [1.29, 1.82) is 0 Å². The van der Waals surface area contributed by atoms with Gasteiger partial charge in [0.05, 0.1) is 4.92 Å². The summed E-state index contributed by atoms with van der Waals surface area (Å²) in [5, 5.41) is 20.5. The van der Waals surface area contributed by atoms with Gasteiger partial charge in [0.15, 0.2) is 5.75 Å². The van der Waals surface area contributed by atoms with Crippen LogP contribution in [0.1, 0.15) is 6.92 Å². The molecule has 1 N–H and O–H groups in total. The summed E-state index contributed by atoms with van der Waals surface area (Å²) in [4.78, 5) is 12.2. The number of benzene rings is 1.